The number of thiophene rings is 1. The number of fused-ring (bicyclic) bond motifs is 3. The third-order valence-electron chi connectivity index (χ3n) is 6.97. The van der Waals surface area contributed by atoms with Crippen LogP contribution in [0.1, 0.15) is 55.9 Å². The van der Waals surface area contributed by atoms with E-state index in [9.17, 15) is 0 Å². The third-order valence-corrected chi connectivity index (χ3v) is 8.17. The maximum Gasteiger partial charge on any atom is 0.225 e. The molecule has 1 aliphatic heterocycles. The van der Waals surface area contributed by atoms with Crippen LogP contribution in [0.4, 0.5) is 0 Å². The zero-order valence-electron chi connectivity index (χ0n) is 16.9. The number of hydrogen-bond acceptors (Lipinski definition) is 6. The van der Waals surface area contributed by atoms with Crippen molar-refractivity contribution in [3.05, 3.63) is 16.8 Å². The number of aromatic nitrogens is 2. The van der Waals surface area contributed by atoms with Gasteiger partial charge in [0.05, 0.1) is 18.6 Å². The molecule has 3 heterocycles. The molecule has 0 aromatic carbocycles. The monoisotopic (exact) mass is 401 g/mol. The molecule has 1 atom stereocenters. The normalized spacial score (nSPS) is 29.0. The summed E-state index contributed by atoms with van der Waals surface area (Å²) in [7, 11) is 0. The van der Waals surface area contributed by atoms with Crippen molar-refractivity contribution in [1.29, 1.82) is 0 Å². The van der Waals surface area contributed by atoms with E-state index in [1.807, 2.05) is 11.3 Å². The third kappa shape index (κ3) is 3.66. The first kappa shape index (κ1) is 18.8. The minimum absolute atomic E-state index is 0.288. The van der Waals surface area contributed by atoms with Crippen LogP contribution < -0.4 is 4.74 Å². The number of hydrogen-bond donors (Lipinski definition) is 0. The van der Waals surface area contributed by atoms with Crippen molar-refractivity contribution in [2.24, 2.45) is 5.92 Å². The van der Waals surface area contributed by atoms with Crippen molar-refractivity contribution in [2.75, 3.05) is 26.3 Å². The smallest absolute Gasteiger partial charge is 0.225 e. The molecule has 0 unspecified atom stereocenters. The molecule has 1 saturated carbocycles. The highest BCUT2D eigenvalue weighted by molar-refractivity contribution is 7.18. The molecule has 0 spiro atoms. The Kier molecular flexibility index (Phi) is 5.53. The van der Waals surface area contributed by atoms with Gasteiger partial charge in [-0.3, -0.25) is 4.90 Å². The Hall–Kier alpha value is -1.24. The molecule has 28 heavy (non-hydrogen) atoms. The number of morpholine rings is 1. The largest absolute Gasteiger partial charge is 0.474 e. The lowest BCUT2D eigenvalue weighted by molar-refractivity contribution is -0.00126. The quantitative estimate of drug-likeness (QED) is 0.767. The molecule has 0 amide bonds. The van der Waals surface area contributed by atoms with Crippen molar-refractivity contribution in [2.45, 2.75) is 70.4 Å². The van der Waals surface area contributed by atoms with Gasteiger partial charge in [-0.15, -0.1) is 11.3 Å². The predicted octanol–water partition coefficient (Wildman–Crippen LogP) is 4.23. The van der Waals surface area contributed by atoms with E-state index in [0.717, 1.165) is 55.8 Å². The van der Waals surface area contributed by atoms with Gasteiger partial charge < -0.3 is 9.47 Å². The molecule has 2 aliphatic carbocycles. The second-order valence-electron chi connectivity index (χ2n) is 8.58. The molecule has 0 bridgehead atoms. The van der Waals surface area contributed by atoms with Crippen LogP contribution in [0.25, 0.3) is 10.2 Å². The van der Waals surface area contributed by atoms with E-state index in [1.54, 1.807) is 6.33 Å². The van der Waals surface area contributed by atoms with Crippen LogP contribution in [-0.2, 0) is 17.6 Å². The summed E-state index contributed by atoms with van der Waals surface area (Å²) in [6, 6.07) is 0.702. The summed E-state index contributed by atoms with van der Waals surface area (Å²) in [5, 5.41) is 1.22. The molecule has 2 fully saturated rings. The average Bonchev–Trinajstić information content (AvgIpc) is 3.13. The van der Waals surface area contributed by atoms with Gasteiger partial charge in [0.2, 0.25) is 5.88 Å². The number of aryl methyl sites for hydroxylation is 1. The van der Waals surface area contributed by atoms with Crippen molar-refractivity contribution < 1.29 is 9.47 Å². The van der Waals surface area contributed by atoms with E-state index in [1.165, 1.54) is 54.4 Å². The lowest BCUT2D eigenvalue weighted by Crippen LogP contribution is -2.46. The second-order valence-corrected chi connectivity index (χ2v) is 9.66. The fourth-order valence-electron chi connectivity index (χ4n) is 5.22. The van der Waals surface area contributed by atoms with E-state index in [-0.39, 0.29) is 6.10 Å². The number of ether oxygens (including phenoxy) is 2. The van der Waals surface area contributed by atoms with E-state index < -0.39 is 0 Å². The lowest BCUT2D eigenvalue weighted by atomic mass is 9.86. The zero-order chi connectivity index (χ0) is 18.9. The lowest BCUT2D eigenvalue weighted by Gasteiger charge is -2.38. The summed E-state index contributed by atoms with van der Waals surface area (Å²) in [4.78, 5) is 14.4. The first-order chi connectivity index (χ1) is 13.8. The summed E-state index contributed by atoms with van der Waals surface area (Å²) in [6.45, 7) is 6.25. The Bertz CT molecular complexity index is 809. The van der Waals surface area contributed by atoms with Gasteiger partial charge in [0.25, 0.3) is 0 Å². The Morgan fingerprint density at radius 1 is 1.14 bits per heavy atom. The average molecular weight is 402 g/mol. The molecule has 6 heteroatoms. The zero-order valence-corrected chi connectivity index (χ0v) is 17.7. The first-order valence-corrected chi connectivity index (χ1v) is 11.9. The Morgan fingerprint density at radius 3 is 2.75 bits per heavy atom. The molecule has 1 saturated heterocycles. The molecule has 0 radical (unpaired) electrons. The number of nitrogens with zero attached hydrogens (tertiary/aromatic N) is 3. The molecule has 5 nitrogen and oxygen atoms in total. The number of rotatable bonds is 4. The summed E-state index contributed by atoms with van der Waals surface area (Å²) in [5.74, 6) is 1.64. The van der Waals surface area contributed by atoms with Crippen LogP contribution in [-0.4, -0.2) is 53.3 Å². The molecular weight excluding hydrogens is 370 g/mol. The van der Waals surface area contributed by atoms with Gasteiger partial charge in [-0.1, -0.05) is 13.3 Å². The molecular formula is C22H31N3O2S. The van der Waals surface area contributed by atoms with Crippen molar-refractivity contribution in [1.82, 2.24) is 14.9 Å². The molecule has 2 aromatic rings. The van der Waals surface area contributed by atoms with Crippen LogP contribution in [0.3, 0.4) is 0 Å². The van der Waals surface area contributed by atoms with Crippen molar-refractivity contribution in [3.63, 3.8) is 0 Å². The maximum absolute atomic E-state index is 6.51. The standard InChI is InChI=1S/C22H31N3O2S/c1-2-15-3-8-19-18(13-15)20-21(23-14-24-22(20)28-19)27-17-6-4-16(5-7-17)25-9-11-26-12-10-25/h14-17H,2-13H2,1H3/t15-,16?,17?/m0/s1. The van der Waals surface area contributed by atoms with E-state index >= 15 is 0 Å². The fourth-order valence-corrected chi connectivity index (χ4v) is 6.39. The minimum Gasteiger partial charge on any atom is -0.474 e. The Balaban J connectivity index is 1.30. The topological polar surface area (TPSA) is 47.5 Å². The van der Waals surface area contributed by atoms with Crippen LogP contribution in [0.15, 0.2) is 6.33 Å². The Labute approximate surface area is 171 Å². The van der Waals surface area contributed by atoms with E-state index in [2.05, 4.69) is 21.8 Å². The summed E-state index contributed by atoms with van der Waals surface area (Å²) in [5.41, 5.74) is 1.48. The molecule has 5 rings (SSSR count). The summed E-state index contributed by atoms with van der Waals surface area (Å²) in [6.07, 6.45) is 11.6. The van der Waals surface area contributed by atoms with Crippen LogP contribution in [0.2, 0.25) is 0 Å². The highest BCUT2D eigenvalue weighted by Crippen LogP contribution is 2.41. The summed E-state index contributed by atoms with van der Waals surface area (Å²) < 4.78 is 12.0. The van der Waals surface area contributed by atoms with Crippen LogP contribution >= 0.6 is 11.3 Å². The van der Waals surface area contributed by atoms with Crippen LogP contribution in [0, 0.1) is 5.92 Å². The van der Waals surface area contributed by atoms with Gasteiger partial charge in [-0.05, 0) is 56.4 Å². The fraction of sp³-hybridized carbons (Fsp3) is 0.727. The van der Waals surface area contributed by atoms with Gasteiger partial charge in [0, 0.05) is 24.0 Å². The van der Waals surface area contributed by atoms with Crippen molar-refractivity contribution >= 4 is 21.6 Å². The van der Waals surface area contributed by atoms with Gasteiger partial charge in [-0.2, -0.15) is 0 Å². The van der Waals surface area contributed by atoms with Gasteiger partial charge in [0.1, 0.15) is 17.3 Å². The predicted molar refractivity (Wildman–Crippen MR) is 112 cm³/mol. The minimum atomic E-state index is 0.288. The highest BCUT2D eigenvalue weighted by Gasteiger charge is 2.30. The second kappa shape index (κ2) is 8.25. The highest BCUT2D eigenvalue weighted by atomic mass is 32.1. The van der Waals surface area contributed by atoms with Gasteiger partial charge in [0.15, 0.2) is 0 Å². The maximum atomic E-state index is 6.51. The van der Waals surface area contributed by atoms with E-state index in [4.69, 9.17) is 9.47 Å². The first-order valence-electron chi connectivity index (χ1n) is 11.1. The van der Waals surface area contributed by atoms with Crippen LogP contribution in [0.5, 0.6) is 5.88 Å². The Morgan fingerprint density at radius 2 is 1.96 bits per heavy atom. The van der Waals surface area contributed by atoms with E-state index in [0.29, 0.717) is 6.04 Å². The summed E-state index contributed by atoms with van der Waals surface area (Å²) >= 11 is 1.86. The molecule has 2 aromatic heterocycles. The molecule has 3 aliphatic rings. The SMILES string of the molecule is CC[C@H]1CCc2sc3ncnc(OC4CCC(N5CCOCC5)CC4)c3c2C1. The van der Waals surface area contributed by atoms with Gasteiger partial charge >= 0.3 is 0 Å². The molecule has 152 valence electrons. The van der Waals surface area contributed by atoms with Gasteiger partial charge in [-0.25, -0.2) is 9.97 Å². The molecule has 0 N–H and O–H groups in total. The van der Waals surface area contributed by atoms with Crippen molar-refractivity contribution in [3.8, 4) is 5.88 Å².